The van der Waals surface area contributed by atoms with E-state index in [1.807, 2.05) is 0 Å². The van der Waals surface area contributed by atoms with Crippen molar-refractivity contribution in [1.82, 2.24) is 10.3 Å². The van der Waals surface area contributed by atoms with Gasteiger partial charge in [0.25, 0.3) is 5.91 Å². The molecule has 3 atom stereocenters. The van der Waals surface area contributed by atoms with Crippen molar-refractivity contribution >= 4 is 23.7 Å². The summed E-state index contributed by atoms with van der Waals surface area (Å²) >= 11 is 0. The number of nitrogens with zero attached hydrogens (tertiary/aromatic N) is 2. The average molecular weight is 702 g/mol. The van der Waals surface area contributed by atoms with Crippen LogP contribution in [-0.4, -0.2) is 49.1 Å². The molecule has 0 saturated heterocycles. The molecule has 5 N–H and O–H groups in total. The van der Waals surface area contributed by atoms with Crippen LogP contribution in [0.2, 0.25) is 0 Å². The summed E-state index contributed by atoms with van der Waals surface area (Å²) in [6.07, 6.45) is 0.800. The molecule has 1 fully saturated rings. The SMILES string of the molecule is C=CC(F)c1cc(-c2nc([C@@H](CNC(=O)c3cc(C=NC4(F)CC4)c(N)c(OC)c3)c3ccccc3)cc3c2OC[C@]3(C)C(N)=O)c(F)cc1F. The second kappa shape index (κ2) is 13.5. The normalized spacial score (nSPS) is 18.4. The highest BCUT2D eigenvalue weighted by Gasteiger charge is 2.45. The van der Waals surface area contributed by atoms with E-state index >= 15 is 4.39 Å². The highest BCUT2D eigenvalue weighted by molar-refractivity contribution is 5.99. The predicted molar refractivity (Wildman–Crippen MR) is 184 cm³/mol. The second-order valence-corrected chi connectivity index (χ2v) is 12.8. The van der Waals surface area contributed by atoms with Gasteiger partial charge in [0.2, 0.25) is 5.91 Å². The van der Waals surface area contributed by atoms with Crippen LogP contribution >= 0.6 is 0 Å². The summed E-state index contributed by atoms with van der Waals surface area (Å²) in [5, 5.41) is 2.90. The number of hydrogen-bond donors (Lipinski definition) is 3. The standard InChI is InChI=1S/C38H35F4N5O4/c1-4-27(39)23-14-24(29(41)16-28(23)40)33-34-26(37(2,19-51-34)36(44)49)15-30(47-33)25(20-8-6-5-7-9-20)18-45-35(48)21-12-22(17-46-38(42)10-11-38)32(43)31(13-21)50-3/h4-9,12-17,25,27H,1,10-11,18-19,43H2,2-3H3,(H2,44,49)(H,45,48)/t25-,27?,37-/m0/s1. The number of anilines is 1. The van der Waals surface area contributed by atoms with Crippen LogP contribution in [0.5, 0.6) is 11.5 Å². The number of nitrogens with two attached hydrogens (primary N) is 2. The fourth-order valence-corrected chi connectivity index (χ4v) is 5.90. The zero-order chi connectivity index (χ0) is 36.7. The Kier molecular flexibility index (Phi) is 9.32. The lowest BCUT2D eigenvalue weighted by Crippen LogP contribution is -2.40. The fourth-order valence-electron chi connectivity index (χ4n) is 5.90. The number of halogens is 4. The van der Waals surface area contributed by atoms with Crippen LogP contribution in [0.1, 0.15) is 70.2 Å². The molecule has 1 unspecified atom stereocenters. The van der Waals surface area contributed by atoms with Crippen LogP contribution in [0, 0.1) is 11.6 Å². The van der Waals surface area contributed by atoms with Gasteiger partial charge in [0, 0.05) is 65.4 Å². The van der Waals surface area contributed by atoms with Crippen LogP contribution in [0.25, 0.3) is 11.3 Å². The van der Waals surface area contributed by atoms with Crippen LogP contribution in [0.15, 0.2) is 78.3 Å². The Morgan fingerprint density at radius 1 is 1.14 bits per heavy atom. The number of nitrogen functional groups attached to an aromatic ring is 1. The number of aliphatic imine (C=N–C) groups is 1. The van der Waals surface area contributed by atoms with Gasteiger partial charge in [-0.15, -0.1) is 0 Å². The van der Waals surface area contributed by atoms with Crippen molar-refractivity contribution < 1.29 is 36.6 Å². The largest absolute Gasteiger partial charge is 0.495 e. The molecule has 2 amide bonds. The summed E-state index contributed by atoms with van der Waals surface area (Å²) < 4.78 is 70.5. The molecule has 1 saturated carbocycles. The van der Waals surface area contributed by atoms with Crippen molar-refractivity contribution in [3.8, 4) is 22.8 Å². The number of aromatic nitrogens is 1. The molecule has 3 aromatic carbocycles. The molecule has 0 radical (unpaired) electrons. The Balaban J connectivity index is 1.44. The zero-order valence-corrected chi connectivity index (χ0v) is 27.8. The number of methoxy groups -OCH3 is 1. The van der Waals surface area contributed by atoms with Crippen molar-refractivity contribution in [2.75, 3.05) is 26.0 Å². The number of hydrogen-bond acceptors (Lipinski definition) is 7. The summed E-state index contributed by atoms with van der Waals surface area (Å²) in [6.45, 7) is 4.69. The van der Waals surface area contributed by atoms with Gasteiger partial charge >= 0.3 is 0 Å². The number of benzene rings is 3. The molecule has 1 aliphatic heterocycles. The van der Waals surface area contributed by atoms with Crippen LogP contribution < -0.4 is 26.3 Å². The van der Waals surface area contributed by atoms with E-state index in [4.69, 9.17) is 25.9 Å². The molecule has 6 rings (SSSR count). The van der Waals surface area contributed by atoms with Crippen LogP contribution in [-0.2, 0) is 10.2 Å². The Hall–Kier alpha value is -5.72. The highest BCUT2D eigenvalue weighted by atomic mass is 19.2. The van der Waals surface area contributed by atoms with E-state index in [9.17, 15) is 22.8 Å². The second-order valence-electron chi connectivity index (χ2n) is 12.8. The molecular formula is C38H35F4N5O4. The number of amides is 2. The molecule has 51 heavy (non-hydrogen) atoms. The van der Waals surface area contributed by atoms with Gasteiger partial charge < -0.3 is 26.3 Å². The minimum atomic E-state index is -1.95. The highest BCUT2D eigenvalue weighted by Crippen LogP contribution is 2.47. The molecule has 2 heterocycles. The predicted octanol–water partition coefficient (Wildman–Crippen LogP) is 6.39. The third kappa shape index (κ3) is 6.75. The fraction of sp³-hybridized carbons (Fsp3) is 0.263. The van der Waals surface area contributed by atoms with Crippen molar-refractivity contribution in [2.24, 2.45) is 10.7 Å². The maximum atomic E-state index is 15.6. The quantitative estimate of drug-likeness (QED) is 0.0514. The molecular weight excluding hydrogens is 666 g/mol. The summed E-state index contributed by atoms with van der Waals surface area (Å²) in [6, 6.07) is 15.0. The molecule has 13 heteroatoms. The number of primary amides is 1. The van der Waals surface area contributed by atoms with Crippen molar-refractivity contribution in [3.63, 3.8) is 0 Å². The monoisotopic (exact) mass is 701 g/mol. The molecule has 1 aromatic heterocycles. The number of allylic oxidation sites excluding steroid dienone is 1. The number of alkyl halides is 2. The number of rotatable bonds is 12. The van der Waals surface area contributed by atoms with Gasteiger partial charge in [-0.05, 0) is 36.8 Å². The molecule has 4 aromatic rings. The molecule has 2 aliphatic rings. The van der Waals surface area contributed by atoms with Gasteiger partial charge in [-0.2, -0.15) is 0 Å². The smallest absolute Gasteiger partial charge is 0.251 e. The van der Waals surface area contributed by atoms with Gasteiger partial charge in [-0.25, -0.2) is 22.5 Å². The van der Waals surface area contributed by atoms with E-state index in [1.54, 1.807) is 43.3 Å². The molecule has 0 spiro atoms. The Labute approximate surface area is 291 Å². The topological polar surface area (TPSA) is 142 Å². The van der Waals surface area contributed by atoms with Gasteiger partial charge in [0.15, 0.2) is 5.79 Å². The Bertz CT molecular complexity index is 2070. The summed E-state index contributed by atoms with van der Waals surface area (Å²) in [5.74, 6) is -5.55. The van der Waals surface area contributed by atoms with E-state index in [0.717, 1.165) is 12.1 Å². The maximum Gasteiger partial charge on any atom is 0.251 e. The van der Waals surface area contributed by atoms with Crippen LogP contribution in [0.3, 0.4) is 0 Å². The van der Waals surface area contributed by atoms with Crippen LogP contribution in [0.4, 0.5) is 23.2 Å². The van der Waals surface area contributed by atoms with Crippen molar-refractivity contribution in [1.29, 1.82) is 0 Å². The number of ether oxygens (including phenoxy) is 2. The van der Waals surface area contributed by atoms with Gasteiger partial charge in [-0.1, -0.05) is 43.0 Å². The third-order valence-electron chi connectivity index (χ3n) is 9.26. The number of pyridine rings is 1. The summed E-state index contributed by atoms with van der Waals surface area (Å²) in [5.41, 5.74) is 11.7. The number of nitrogens with one attached hydrogen (secondary N) is 1. The van der Waals surface area contributed by atoms with Gasteiger partial charge in [0.1, 0.15) is 47.0 Å². The molecule has 9 nitrogen and oxygen atoms in total. The lowest BCUT2D eigenvalue weighted by atomic mass is 9.81. The first-order valence-electron chi connectivity index (χ1n) is 16.1. The first kappa shape index (κ1) is 35.1. The summed E-state index contributed by atoms with van der Waals surface area (Å²) in [7, 11) is 1.38. The van der Waals surface area contributed by atoms with E-state index < -0.39 is 52.3 Å². The first-order valence-corrected chi connectivity index (χ1v) is 16.1. The van der Waals surface area contributed by atoms with E-state index in [2.05, 4.69) is 16.9 Å². The minimum Gasteiger partial charge on any atom is -0.495 e. The van der Waals surface area contributed by atoms with E-state index in [-0.39, 0.29) is 52.9 Å². The lowest BCUT2D eigenvalue weighted by Gasteiger charge is -2.23. The Morgan fingerprint density at radius 3 is 2.51 bits per heavy atom. The minimum absolute atomic E-state index is 0.0331. The zero-order valence-electron chi connectivity index (χ0n) is 27.8. The molecule has 264 valence electrons. The first-order chi connectivity index (χ1) is 24.3. The van der Waals surface area contributed by atoms with E-state index in [0.29, 0.717) is 35.6 Å². The Morgan fingerprint density at radius 2 is 1.86 bits per heavy atom. The number of carbonyl (C=O) groups is 2. The summed E-state index contributed by atoms with van der Waals surface area (Å²) in [4.78, 5) is 35.2. The molecule has 1 aliphatic carbocycles. The number of fused-ring (bicyclic) bond motifs is 1. The lowest BCUT2D eigenvalue weighted by molar-refractivity contribution is -0.123. The van der Waals surface area contributed by atoms with E-state index in [1.165, 1.54) is 25.5 Å². The maximum absolute atomic E-state index is 15.6. The van der Waals surface area contributed by atoms with Gasteiger partial charge in [-0.3, -0.25) is 14.6 Å². The van der Waals surface area contributed by atoms with Crippen molar-refractivity contribution in [2.45, 2.75) is 43.1 Å². The number of carbonyl (C=O) groups excluding carboxylic acids is 2. The average Bonchev–Trinajstić information content (AvgIpc) is 3.76. The van der Waals surface area contributed by atoms with Gasteiger partial charge in [0.05, 0.1) is 18.5 Å². The third-order valence-corrected chi connectivity index (χ3v) is 9.26. The molecule has 0 bridgehead atoms. The van der Waals surface area contributed by atoms with Crippen molar-refractivity contribution in [3.05, 3.63) is 118 Å².